The van der Waals surface area contributed by atoms with Gasteiger partial charge in [-0.15, -0.1) is 0 Å². The molecule has 0 bridgehead atoms. The zero-order chi connectivity index (χ0) is 14.2. The maximum Gasteiger partial charge on any atom is 0.358 e. The highest BCUT2D eigenvalue weighted by atomic mass is 127. The highest BCUT2D eigenvalue weighted by Gasteiger charge is 2.22. The van der Waals surface area contributed by atoms with Gasteiger partial charge in [0.1, 0.15) is 0 Å². The van der Waals surface area contributed by atoms with Crippen LogP contribution in [0.2, 0.25) is 10.0 Å². The fourth-order valence-electron chi connectivity index (χ4n) is 1.80. The molecule has 0 aliphatic heterocycles. The van der Waals surface area contributed by atoms with E-state index in [9.17, 15) is 0 Å². The van der Waals surface area contributed by atoms with Crippen LogP contribution < -0.4 is 33.6 Å². The average Bonchev–Trinajstić information content (AvgIpc) is 2.32. The van der Waals surface area contributed by atoms with Crippen LogP contribution in [0, 0.1) is 34.8 Å². The van der Waals surface area contributed by atoms with Crippen molar-refractivity contribution in [3.05, 3.63) is 63.7 Å². The Hall–Kier alpha value is 0.0400. The zero-order valence-corrected chi connectivity index (χ0v) is 16.2. The molecule has 0 aliphatic carbocycles. The molecule has 2 aromatic carbocycles. The van der Waals surface area contributed by atoms with Crippen LogP contribution in [0.5, 0.6) is 0 Å². The fourth-order valence-corrected chi connectivity index (χ4v) is 5.28. The summed E-state index contributed by atoms with van der Waals surface area (Å²) < 4.78 is 2.87. The quantitative estimate of drug-likeness (QED) is 0.544. The summed E-state index contributed by atoms with van der Waals surface area (Å²) in [6, 6.07) is 8.61. The van der Waals surface area contributed by atoms with Crippen LogP contribution in [0.4, 0.5) is 0 Å². The van der Waals surface area contributed by atoms with Crippen molar-refractivity contribution in [1.29, 1.82) is 0 Å². The van der Waals surface area contributed by atoms with Crippen molar-refractivity contribution in [1.82, 2.24) is 0 Å². The second kappa shape index (κ2) is 7.35. The highest BCUT2D eigenvalue weighted by Crippen LogP contribution is 2.17. The Balaban J connectivity index is 0.00000200. The smallest absolute Gasteiger partial charge is 0.358 e. The predicted molar refractivity (Wildman–Crippen MR) is 79.2 cm³/mol. The van der Waals surface area contributed by atoms with Gasteiger partial charge in [0.25, 0.3) is 0 Å². The third-order valence-corrected chi connectivity index (χ3v) is 7.38. The topological polar surface area (TPSA) is 0 Å². The minimum atomic E-state index is -0.191. The van der Waals surface area contributed by atoms with Crippen molar-refractivity contribution in [3.63, 3.8) is 0 Å². The summed E-state index contributed by atoms with van der Waals surface area (Å²) in [4.78, 5) is 0. The second-order valence-electron chi connectivity index (χ2n) is 4.80. The maximum atomic E-state index is 6.16. The van der Waals surface area contributed by atoms with Gasteiger partial charge in [-0.05, 0) is 63.1 Å². The molecule has 0 unspecified atom stereocenters. The molecule has 0 N–H and O–H groups in total. The Morgan fingerprint density at radius 2 is 1.00 bits per heavy atom. The fraction of sp³-hybridized carbons (Fsp3) is 0.250. The molecule has 0 heterocycles. The van der Waals surface area contributed by atoms with Crippen LogP contribution in [0.3, 0.4) is 0 Å². The summed E-state index contributed by atoms with van der Waals surface area (Å²) in [5.74, 6) is 0. The third-order valence-electron chi connectivity index (χ3n) is 3.08. The SMILES string of the molecule is Cc1cc([I+]c2cc(C)c(Cl)cc2C)c(C)cc1Cl.[Cl-]. The molecule has 0 fully saturated rings. The number of aryl methyl sites for hydroxylation is 4. The molecule has 2 rings (SSSR count). The van der Waals surface area contributed by atoms with E-state index in [4.69, 9.17) is 23.2 Å². The van der Waals surface area contributed by atoms with Crippen LogP contribution in [0.1, 0.15) is 22.3 Å². The number of halogens is 4. The Labute approximate surface area is 147 Å². The number of hydrogen-bond acceptors (Lipinski definition) is 0. The maximum absolute atomic E-state index is 6.16. The first kappa shape index (κ1) is 18.1. The molecule has 0 saturated heterocycles. The van der Waals surface area contributed by atoms with Crippen molar-refractivity contribution in [2.45, 2.75) is 27.7 Å². The monoisotopic (exact) mass is 440 g/mol. The van der Waals surface area contributed by atoms with E-state index in [2.05, 4.69) is 52.0 Å². The first-order valence-corrected chi connectivity index (χ1v) is 8.98. The van der Waals surface area contributed by atoms with Gasteiger partial charge in [0.15, 0.2) is 7.14 Å². The normalized spacial score (nSPS) is 10.3. The molecular formula is C16H16Cl3I. The lowest BCUT2D eigenvalue weighted by Crippen LogP contribution is -3.62. The van der Waals surface area contributed by atoms with Crippen LogP contribution in [-0.4, -0.2) is 0 Å². The van der Waals surface area contributed by atoms with E-state index in [0.29, 0.717) is 0 Å². The van der Waals surface area contributed by atoms with Gasteiger partial charge < -0.3 is 12.4 Å². The molecule has 108 valence electrons. The van der Waals surface area contributed by atoms with Crippen LogP contribution in [0.15, 0.2) is 24.3 Å². The lowest BCUT2D eigenvalue weighted by Gasteiger charge is -2.02. The lowest BCUT2D eigenvalue weighted by atomic mass is 10.2. The molecule has 0 saturated carbocycles. The van der Waals surface area contributed by atoms with Gasteiger partial charge in [-0.3, -0.25) is 0 Å². The largest absolute Gasteiger partial charge is 1.00 e. The van der Waals surface area contributed by atoms with Gasteiger partial charge in [-0.1, -0.05) is 23.2 Å². The van der Waals surface area contributed by atoms with Crippen LogP contribution in [0.25, 0.3) is 0 Å². The van der Waals surface area contributed by atoms with Crippen LogP contribution in [-0.2, 0) is 0 Å². The summed E-state index contributed by atoms with van der Waals surface area (Å²) in [7, 11) is 0. The predicted octanol–water partition coefficient (Wildman–Crippen LogP) is -0.641. The van der Waals surface area contributed by atoms with Crippen LogP contribution >= 0.6 is 23.2 Å². The summed E-state index contributed by atoms with van der Waals surface area (Å²) in [5.41, 5.74) is 4.89. The van der Waals surface area contributed by atoms with E-state index in [1.54, 1.807) is 0 Å². The Morgan fingerprint density at radius 1 is 0.650 bits per heavy atom. The zero-order valence-electron chi connectivity index (χ0n) is 11.8. The van der Waals surface area contributed by atoms with E-state index >= 15 is 0 Å². The van der Waals surface area contributed by atoms with Gasteiger partial charge in [0, 0.05) is 21.2 Å². The number of benzene rings is 2. The molecular weight excluding hydrogens is 425 g/mol. The molecule has 0 amide bonds. The highest BCUT2D eigenvalue weighted by molar-refractivity contribution is 6.31. The number of rotatable bonds is 2. The Bertz CT molecular complexity index is 581. The van der Waals surface area contributed by atoms with E-state index in [1.165, 1.54) is 18.3 Å². The molecule has 0 nitrogen and oxygen atoms in total. The summed E-state index contributed by atoms with van der Waals surface area (Å²) in [6.07, 6.45) is 0. The van der Waals surface area contributed by atoms with Gasteiger partial charge in [-0.2, -0.15) is 0 Å². The van der Waals surface area contributed by atoms with Crippen molar-refractivity contribution in [3.8, 4) is 0 Å². The van der Waals surface area contributed by atoms with Gasteiger partial charge in [-0.25, -0.2) is 0 Å². The standard InChI is InChI=1S/C16H16Cl2I.ClH/c1-9-7-15(11(3)5-13(9)17)19-16-8-10(2)14(18)6-12(16)4;/h5-8H,1-4H3;1H/q+1;/p-1. The van der Waals surface area contributed by atoms with Crippen molar-refractivity contribution >= 4 is 23.2 Å². The molecule has 0 atom stereocenters. The Kier molecular flexibility index (Phi) is 6.65. The molecule has 0 radical (unpaired) electrons. The first-order chi connectivity index (χ1) is 8.88. The van der Waals surface area contributed by atoms with Gasteiger partial charge >= 0.3 is 21.2 Å². The molecule has 0 aromatic heterocycles. The van der Waals surface area contributed by atoms with E-state index in [0.717, 1.165) is 21.2 Å². The average molecular weight is 442 g/mol. The van der Waals surface area contributed by atoms with Crippen molar-refractivity contribution in [2.24, 2.45) is 0 Å². The van der Waals surface area contributed by atoms with Gasteiger partial charge in [0.2, 0.25) is 0 Å². The summed E-state index contributed by atoms with van der Waals surface area (Å²) in [5, 5.41) is 1.71. The lowest BCUT2D eigenvalue weighted by molar-refractivity contribution is -0.598. The molecule has 0 aliphatic rings. The first-order valence-electron chi connectivity index (χ1n) is 6.07. The minimum absolute atomic E-state index is 0. The van der Waals surface area contributed by atoms with Crippen molar-refractivity contribution in [2.75, 3.05) is 0 Å². The number of hydrogen-bond donors (Lipinski definition) is 0. The van der Waals surface area contributed by atoms with E-state index in [1.807, 2.05) is 0 Å². The molecule has 20 heavy (non-hydrogen) atoms. The third kappa shape index (κ3) is 4.03. The van der Waals surface area contributed by atoms with Crippen molar-refractivity contribution < 1.29 is 33.6 Å². The summed E-state index contributed by atoms with van der Waals surface area (Å²) >= 11 is 12.1. The molecule has 0 spiro atoms. The Morgan fingerprint density at radius 3 is 1.35 bits per heavy atom. The van der Waals surface area contributed by atoms with E-state index in [-0.39, 0.29) is 33.6 Å². The van der Waals surface area contributed by atoms with Gasteiger partial charge in [0.05, 0.1) is 0 Å². The second-order valence-corrected chi connectivity index (χ2v) is 8.47. The minimum Gasteiger partial charge on any atom is -1.00 e. The molecule has 2 aromatic rings. The van der Waals surface area contributed by atoms with E-state index < -0.39 is 0 Å². The summed E-state index contributed by atoms with van der Waals surface area (Å²) in [6.45, 7) is 8.40. The molecule has 4 heteroatoms.